The number of aromatic nitrogens is 2. The predicted octanol–water partition coefficient (Wildman–Crippen LogP) is 1.39. The fourth-order valence-electron chi connectivity index (χ4n) is 0.897. The zero-order valence-corrected chi connectivity index (χ0v) is 7.17. The largest absolute Gasteiger partial charge is 0.476 e. The Balaban J connectivity index is 3.27. The molecule has 0 aliphatic heterocycles. The third-order valence-corrected chi connectivity index (χ3v) is 1.78. The van der Waals surface area contributed by atoms with Gasteiger partial charge in [-0.15, -0.1) is 5.10 Å². The average Bonchev–Trinajstić information content (AvgIpc) is 2.03. The van der Waals surface area contributed by atoms with Crippen LogP contribution in [0.3, 0.4) is 0 Å². The van der Waals surface area contributed by atoms with E-state index in [0.29, 0.717) is 17.0 Å². The van der Waals surface area contributed by atoms with E-state index in [1.807, 2.05) is 6.92 Å². The van der Waals surface area contributed by atoms with Gasteiger partial charge in [0.15, 0.2) is 5.69 Å². The highest BCUT2D eigenvalue weighted by Crippen LogP contribution is 2.16. The summed E-state index contributed by atoms with van der Waals surface area (Å²) in [6, 6.07) is 0. The van der Waals surface area contributed by atoms with Crippen LogP contribution in [-0.4, -0.2) is 21.3 Å². The Morgan fingerprint density at radius 3 is 2.83 bits per heavy atom. The summed E-state index contributed by atoms with van der Waals surface area (Å²) < 4.78 is 0. The molecular formula is C7H7ClN2O2. The number of aromatic carboxylic acids is 1. The number of rotatable bonds is 2. The molecule has 0 fully saturated rings. The van der Waals surface area contributed by atoms with Crippen LogP contribution in [0.5, 0.6) is 0 Å². The molecule has 0 aromatic carbocycles. The molecule has 1 aromatic rings. The molecule has 0 atom stereocenters. The van der Waals surface area contributed by atoms with Crippen LogP contribution < -0.4 is 0 Å². The maximum absolute atomic E-state index is 10.6. The van der Waals surface area contributed by atoms with Crippen molar-refractivity contribution in [2.45, 2.75) is 13.3 Å². The molecule has 1 N–H and O–H groups in total. The third kappa shape index (κ3) is 1.53. The van der Waals surface area contributed by atoms with Crippen molar-refractivity contribution in [3.8, 4) is 0 Å². The lowest BCUT2D eigenvalue weighted by atomic mass is 10.1. The van der Waals surface area contributed by atoms with Gasteiger partial charge in [0.1, 0.15) is 0 Å². The first-order chi connectivity index (χ1) is 5.66. The Morgan fingerprint density at radius 1 is 1.75 bits per heavy atom. The third-order valence-electron chi connectivity index (χ3n) is 1.46. The second-order valence-corrected chi connectivity index (χ2v) is 2.59. The summed E-state index contributed by atoms with van der Waals surface area (Å²) in [6.07, 6.45) is 1.88. The molecule has 0 amide bonds. The first-order valence-corrected chi connectivity index (χ1v) is 3.78. The summed E-state index contributed by atoms with van der Waals surface area (Å²) in [5.74, 6) is -1.10. The first kappa shape index (κ1) is 8.93. The molecule has 64 valence electrons. The van der Waals surface area contributed by atoms with Gasteiger partial charge in [0.05, 0.1) is 11.2 Å². The molecule has 0 saturated heterocycles. The lowest BCUT2D eigenvalue weighted by molar-refractivity contribution is 0.0688. The Hall–Kier alpha value is -1.16. The molecule has 12 heavy (non-hydrogen) atoms. The maximum Gasteiger partial charge on any atom is 0.356 e. The Labute approximate surface area is 74.2 Å². The van der Waals surface area contributed by atoms with Gasteiger partial charge in [-0.1, -0.05) is 18.5 Å². The summed E-state index contributed by atoms with van der Waals surface area (Å²) in [5, 5.41) is 15.9. The molecule has 0 spiro atoms. The van der Waals surface area contributed by atoms with E-state index in [4.69, 9.17) is 16.7 Å². The monoisotopic (exact) mass is 186 g/mol. The lowest BCUT2D eigenvalue weighted by Gasteiger charge is -2.01. The molecule has 0 radical (unpaired) electrons. The van der Waals surface area contributed by atoms with Crippen molar-refractivity contribution < 1.29 is 9.90 Å². The number of carboxylic acid groups (broad SMARTS) is 1. The van der Waals surface area contributed by atoms with E-state index in [1.54, 1.807) is 0 Å². The van der Waals surface area contributed by atoms with Crippen molar-refractivity contribution in [3.63, 3.8) is 0 Å². The standard InChI is InChI=1S/C7H7ClN2O2/c1-2-4-5(8)3-9-10-6(4)7(11)12/h3H,2H2,1H3,(H,11,12). The van der Waals surface area contributed by atoms with Gasteiger partial charge in [-0.3, -0.25) is 0 Å². The van der Waals surface area contributed by atoms with Crippen LogP contribution in [0, 0.1) is 0 Å². The van der Waals surface area contributed by atoms with Crippen LogP contribution in [0.1, 0.15) is 23.0 Å². The molecule has 0 aliphatic carbocycles. The van der Waals surface area contributed by atoms with Crippen molar-refractivity contribution in [1.29, 1.82) is 0 Å². The highest BCUT2D eigenvalue weighted by atomic mass is 35.5. The second kappa shape index (κ2) is 3.49. The molecule has 1 heterocycles. The fourth-order valence-corrected chi connectivity index (χ4v) is 1.16. The molecule has 0 unspecified atom stereocenters. The molecule has 0 aliphatic rings. The Bertz CT molecular complexity index is 314. The van der Waals surface area contributed by atoms with Crippen molar-refractivity contribution in [1.82, 2.24) is 10.2 Å². The van der Waals surface area contributed by atoms with Crippen molar-refractivity contribution >= 4 is 17.6 Å². The lowest BCUT2D eigenvalue weighted by Crippen LogP contribution is -2.07. The van der Waals surface area contributed by atoms with Crippen LogP contribution in [0.4, 0.5) is 0 Å². The number of nitrogens with zero attached hydrogens (tertiary/aromatic N) is 2. The SMILES string of the molecule is CCc1c(Cl)cnnc1C(=O)O. The van der Waals surface area contributed by atoms with E-state index in [1.165, 1.54) is 6.20 Å². The molecule has 1 aromatic heterocycles. The topological polar surface area (TPSA) is 63.1 Å². The molecule has 0 bridgehead atoms. The van der Waals surface area contributed by atoms with Crippen LogP contribution >= 0.6 is 11.6 Å². The van der Waals surface area contributed by atoms with Crippen molar-refractivity contribution in [3.05, 3.63) is 22.5 Å². The van der Waals surface area contributed by atoms with Crippen molar-refractivity contribution in [2.24, 2.45) is 0 Å². The predicted molar refractivity (Wildman–Crippen MR) is 43.4 cm³/mol. The molecule has 1 rings (SSSR count). The van der Waals surface area contributed by atoms with Gasteiger partial charge >= 0.3 is 5.97 Å². The molecule has 4 nitrogen and oxygen atoms in total. The number of carboxylic acids is 1. The minimum Gasteiger partial charge on any atom is -0.476 e. The van der Waals surface area contributed by atoms with Gasteiger partial charge in [-0.2, -0.15) is 5.10 Å². The number of carbonyl (C=O) groups is 1. The number of hydrogen-bond acceptors (Lipinski definition) is 3. The smallest absolute Gasteiger partial charge is 0.356 e. The van der Waals surface area contributed by atoms with E-state index in [-0.39, 0.29) is 5.69 Å². The first-order valence-electron chi connectivity index (χ1n) is 3.40. The minimum atomic E-state index is -1.10. The number of hydrogen-bond donors (Lipinski definition) is 1. The zero-order valence-electron chi connectivity index (χ0n) is 6.41. The summed E-state index contributed by atoms with van der Waals surface area (Å²) in [6.45, 7) is 1.81. The summed E-state index contributed by atoms with van der Waals surface area (Å²) >= 11 is 5.71. The van der Waals surface area contributed by atoms with Crippen LogP contribution in [0.25, 0.3) is 0 Å². The van der Waals surface area contributed by atoms with Gasteiger partial charge in [-0.25, -0.2) is 4.79 Å². The van der Waals surface area contributed by atoms with Gasteiger partial charge < -0.3 is 5.11 Å². The fraction of sp³-hybridized carbons (Fsp3) is 0.286. The highest BCUT2D eigenvalue weighted by Gasteiger charge is 2.13. The molecule has 5 heteroatoms. The van der Waals surface area contributed by atoms with E-state index < -0.39 is 5.97 Å². The zero-order chi connectivity index (χ0) is 9.14. The quantitative estimate of drug-likeness (QED) is 0.758. The van der Waals surface area contributed by atoms with Crippen molar-refractivity contribution in [2.75, 3.05) is 0 Å². The number of halogens is 1. The van der Waals surface area contributed by atoms with E-state index in [0.717, 1.165) is 0 Å². The van der Waals surface area contributed by atoms with E-state index in [2.05, 4.69) is 10.2 Å². The summed E-state index contributed by atoms with van der Waals surface area (Å²) in [4.78, 5) is 10.6. The highest BCUT2D eigenvalue weighted by molar-refractivity contribution is 6.31. The van der Waals surface area contributed by atoms with Gasteiger partial charge in [-0.05, 0) is 6.42 Å². The normalized spacial score (nSPS) is 9.83. The van der Waals surface area contributed by atoms with Crippen LogP contribution in [0.2, 0.25) is 5.02 Å². The van der Waals surface area contributed by atoms with E-state index >= 15 is 0 Å². The van der Waals surface area contributed by atoms with Crippen LogP contribution in [-0.2, 0) is 6.42 Å². The summed E-state index contributed by atoms with van der Waals surface area (Å²) in [7, 11) is 0. The van der Waals surface area contributed by atoms with Crippen LogP contribution in [0.15, 0.2) is 6.20 Å². The minimum absolute atomic E-state index is 0.0648. The average molecular weight is 187 g/mol. The molecule has 0 saturated carbocycles. The van der Waals surface area contributed by atoms with Gasteiger partial charge in [0.2, 0.25) is 0 Å². The maximum atomic E-state index is 10.6. The van der Waals surface area contributed by atoms with Gasteiger partial charge in [0, 0.05) is 5.56 Å². The molecular weight excluding hydrogens is 180 g/mol. The second-order valence-electron chi connectivity index (χ2n) is 2.18. The Morgan fingerprint density at radius 2 is 2.42 bits per heavy atom. The summed E-state index contributed by atoms with van der Waals surface area (Å²) in [5.41, 5.74) is 0.462. The Kier molecular flexibility index (Phi) is 2.60. The van der Waals surface area contributed by atoms with E-state index in [9.17, 15) is 4.79 Å². The van der Waals surface area contributed by atoms with Gasteiger partial charge in [0.25, 0.3) is 0 Å².